The summed E-state index contributed by atoms with van der Waals surface area (Å²) in [5.41, 5.74) is 5.90. The fourth-order valence-electron chi connectivity index (χ4n) is 2.73. The van der Waals surface area contributed by atoms with E-state index >= 15 is 0 Å². The smallest absolute Gasteiger partial charge is 0.243 e. The molecule has 2 atom stereocenters. The number of rotatable bonds is 4. The van der Waals surface area contributed by atoms with Crippen LogP contribution in [0, 0.1) is 5.92 Å². The SMILES string of the molecule is COc1ccc(NC2(C(N)=O)CCCC2C)cc1. The van der Waals surface area contributed by atoms with Gasteiger partial charge in [-0.15, -0.1) is 0 Å². The molecule has 1 fully saturated rings. The van der Waals surface area contributed by atoms with Gasteiger partial charge in [-0.25, -0.2) is 0 Å². The minimum atomic E-state index is -0.603. The Balaban J connectivity index is 2.21. The normalized spacial score (nSPS) is 26.9. The molecule has 0 bridgehead atoms. The highest BCUT2D eigenvalue weighted by atomic mass is 16.5. The number of primary amides is 1. The third-order valence-corrected chi connectivity index (χ3v) is 3.95. The standard InChI is InChI=1S/C14H20N2O2/c1-10-4-3-9-14(10,13(15)17)16-11-5-7-12(18-2)8-6-11/h5-8,10,16H,3-4,9H2,1-2H3,(H2,15,17). The molecular formula is C14H20N2O2. The maximum Gasteiger partial charge on any atom is 0.243 e. The molecule has 2 unspecified atom stereocenters. The molecule has 4 nitrogen and oxygen atoms in total. The second kappa shape index (κ2) is 4.88. The molecule has 98 valence electrons. The van der Waals surface area contributed by atoms with Crippen molar-refractivity contribution in [2.45, 2.75) is 31.7 Å². The number of hydrogen-bond donors (Lipinski definition) is 2. The molecule has 0 saturated heterocycles. The topological polar surface area (TPSA) is 64.3 Å². The highest BCUT2D eigenvalue weighted by molar-refractivity contribution is 5.88. The summed E-state index contributed by atoms with van der Waals surface area (Å²) in [5.74, 6) is 0.800. The minimum absolute atomic E-state index is 0.261. The molecule has 1 aliphatic rings. The van der Waals surface area contributed by atoms with Crippen LogP contribution in [0.3, 0.4) is 0 Å². The highest BCUT2D eigenvalue weighted by Crippen LogP contribution is 2.38. The van der Waals surface area contributed by atoms with E-state index in [2.05, 4.69) is 12.2 Å². The lowest BCUT2D eigenvalue weighted by molar-refractivity contribution is -0.123. The summed E-state index contributed by atoms with van der Waals surface area (Å²) in [6.07, 6.45) is 2.87. The summed E-state index contributed by atoms with van der Waals surface area (Å²) in [5, 5.41) is 3.32. The van der Waals surface area contributed by atoms with Crippen molar-refractivity contribution in [3.63, 3.8) is 0 Å². The fraction of sp³-hybridized carbons (Fsp3) is 0.500. The Morgan fingerprint density at radius 3 is 2.56 bits per heavy atom. The highest BCUT2D eigenvalue weighted by Gasteiger charge is 2.45. The molecule has 1 aromatic rings. The molecule has 0 radical (unpaired) electrons. The van der Waals surface area contributed by atoms with Crippen molar-refractivity contribution in [2.24, 2.45) is 11.7 Å². The van der Waals surface area contributed by atoms with E-state index < -0.39 is 5.54 Å². The lowest BCUT2D eigenvalue weighted by atomic mass is 9.87. The summed E-state index contributed by atoms with van der Waals surface area (Å²) >= 11 is 0. The Morgan fingerprint density at radius 1 is 1.44 bits per heavy atom. The van der Waals surface area contributed by atoms with Gasteiger partial charge in [-0.3, -0.25) is 4.79 Å². The molecule has 0 aliphatic heterocycles. The molecule has 4 heteroatoms. The van der Waals surface area contributed by atoms with Crippen molar-refractivity contribution in [1.82, 2.24) is 0 Å². The zero-order chi connectivity index (χ0) is 13.2. The summed E-state index contributed by atoms with van der Waals surface area (Å²) in [6, 6.07) is 7.57. The van der Waals surface area contributed by atoms with Gasteiger partial charge >= 0.3 is 0 Å². The van der Waals surface area contributed by atoms with Gasteiger partial charge in [0, 0.05) is 5.69 Å². The van der Waals surface area contributed by atoms with Crippen molar-refractivity contribution in [2.75, 3.05) is 12.4 Å². The monoisotopic (exact) mass is 248 g/mol. The number of anilines is 1. The number of benzene rings is 1. The van der Waals surface area contributed by atoms with Gasteiger partial charge in [0.2, 0.25) is 5.91 Å². The van der Waals surface area contributed by atoms with E-state index in [1.165, 1.54) is 0 Å². The Morgan fingerprint density at radius 2 is 2.11 bits per heavy atom. The quantitative estimate of drug-likeness (QED) is 0.858. The summed E-state index contributed by atoms with van der Waals surface area (Å²) in [6.45, 7) is 2.08. The Bertz CT molecular complexity index is 430. The van der Waals surface area contributed by atoms with Gasteiger partial charge in [0.1, 0.15) is 11.3 Å². The fourth-order valence-corrected chi connectivity index (χ4v) is 2.73. The van der Waals surface area contributed by atoms with Crippen molar-refractivity contribution >= 4 is 11.6 Å². The van der Waals surface area contributed by atoms with Crippen LogP contribution in [-0.4, -0.2) is 18.6 Å². The zero-order valence-corrected chi connectivity index (χ0v) is 10.9. The molecule has 18 heavy (non-hydrogen) atoms. The van der Waals surface area contributed by atoms with Crippen LogP contribution in [0.25, 0.3) is 0 Å². The van der Waals surface area contributed by atoms with E-state index in [1.54, 1.807) is 7.11 Å². The third kappa shape index (κ3) is 2.15. The maximum absolute atomic E-state index is 11.8. The van der Waals surface area contributed by atoms with E-state index in [-0.39, 0.29) is 11.8 Å². The lowest BCUT2D eigenvalue weighted by Gasteiger charge is -2.32. The van der Waals surface area contributed by atoms with Crippen LogP contribution in [0.2, 0.25) is 0 Å². The first-order valence-corrected chi connectivity index (χ1v) is 6.30. The number of hydrogen-bond acceptors (Lipinski definition) is 3. The summed E-state index contributed by atoms with van der Waals surface area (Å²) < 4.78 is 5.11. The molecule has 0 aromatic heterocycles. The van der Waals surface area contributed by atoms with Gasteiger partial charge in [-0.2, -0.15) is 0 Å². The van der Waals surface area contributed by atoms with E-state index in [0.29, 0.717) is 0 Å². The second-order valence-electron chi connectivity index (χ2n) is 4.98. The number of ether oxygens (including phenoxy) is 1. The summed E-state index contributed by atoms with van der Waals surface area (Å²) in [4.78, 5) is 11.8. The van der Waals surface area contributed by atoms with Crippen LogP contribution in [0.5, 0.6) is 5.75 Å². The molecule has 1 saturated carbocycles. The lowest BCUT2D eigenvalue weighted by Crippen LogP contribution is -2.52. The molecule has 3 N–H and O–H groups in total. The van der Waals surface area contributed by atoms with E-state index in [1.807, 2.05) is 24.3 Å². The number of nitrogens with one attached hydrogen (secondary N) is 1. The molecule has 1 amide bonds. The number of carbonyl (C=O) groups is 1. The molecule has 0 spiro atoms. The van der Waals surface area contributed by atoms with Gasteiger partial charge in [0.05, 0.1) is 7.11 Å². The van der Waals surface area contributed by atoms with Crippen molar-refractivity contribution in [1.29, 1.82) is 0 Å². The minimum Gasteiger partial charge on any atom is -0.497 e. The number of amides is 1. The number of carbonyl (C=O) groups excluding carboxylic acids is 1. The zero-order valence-electron chi connectivity index (χ0n) is 10.9. The molecule has 1 aromatic carbocycles. The third-order valence-electron chi connectivity index (χ3n) is 3.95. The van der Waals surface area contributed by atoms with Gasteiger partial charge < -0.3 is 15.8 Å². The van der Waals surface area contributed by atoms with Crippen LogP contribution in [0.15, 0.2) is 24.3 Å². The molecule has 1 aliphatic carbocycles. The van der Waals surface area contributed by atoms with Crippen LogP contribution < -0.4 is 15.8 Å². The first-order chi connectivity index (χ1) is 8.58. The maximum atomic E-state index is 11.8. The van der Waals surface area contributed by atoms with Gasteiger partial charge in [0.15, 0.2) is 0 Å². The van der Waals surface area contributed by atoms with Crippen molar-refractivity contribution in [3.8, 4) is 5.75 Å². The number of nitrogens with two attached hydrogens (primary N) is 1. The Hall–Kier alpha value is -1.71. The first kappa shape index (κ1) is 12.7. The van der Waals surface area contributed by atoms with Crippen LogP contribution in [0.1, 0.15) is 26.2 Å². The van der Waals surface area contributed by atoms with Crippen LogP contribution in [0.4, 0.5) is 5.69 Å². The van der Waals surface area contributed by atoms with Gasteiger partial charge in [-0.05, 0) is 43.0 Å². The average molecular weight is 248 g/mol. The van der Waals surface area contributed by atoms with Crippen molar-refractivity contribution < 1.29 is 9.53 Å². The van der Waals surface area contributed by atoms with E-state index in [4.69, 9.17) is 10.5 Å². The Labute approximate surface area is 108 Å². The van der Waals surface area contributed by atoms with E-state index in [0.717, 1.165) is 30.7 Å². The predicted molar refractivity (Wildman–Crippen MR) is 71.6 cm³/mol. The number of methoxy groups -OCH3 is 1. The van der Waals surface area contributed by atoms with Crippen LogP contribution in [-0.2, 0) is 4.79 Å². The summed E-state index contributed by atoms with van der Waals surface area (Å²) in [7, 11) is 1.63. The largest absolute Gasteiger partial charge is 0.497 e. The van der Waals surface area contributed by atoms with Gasteiger partial charge in [0.25, 0.3) is 0 Å². The van der Waals surface area contributed by atoms with Crippen LogP contribution >= 0.6 is 0 Å². The second-order valence-corrected chi connectivity index (χ2v) is 4.98. The van der Waals surface area contributed by atoms with Crippen molar-refractivity contribution in [3.05, 3.63) is 24.3 Å². The average Bonchev–Trinajstić information content (AvgIpc) is 2.73. The molecule has 2 rings (SSSR count). The Kier molecular flexibility index (Phi) is 3.45. The molecular weight excluding hydrogens is 228 g/mol. The van der Waals surface area contributed by atoms with E-state index in [9.17, 15) is 4.79 Å². The predicted octanol–water partition coefficient (Wildman–Crippen LogP) is 2.15. The van der Waals surface area contributed by atoms with Gasteiger partial charge in [-0.1, -0.05) is 13.3 Å². The molecule has 0 heterocycles. The first-order valence-electron chi connectivity index (χ1n) is 6.30.